The highest BCUT2D eigenvalue weighted by molar-refractivity contribution is 7.17. The molecule has 0 bridgehead atoms. The van der Waals surface area contributed by atoms with Gasteiger partial charge in [0.15, 0.2) is 11.4 Å². The SMILES string of the molecule is COc1cc2cc(F)sc2cc1C=O. The zero-order valence-corrected chi connectivity index (χ0v) is 8.23. The van der Waals surface area contributed by atoms with Crippen LogP contribution in [0.4, 0.5) is 4.39 Å². The first-order valence-corrected chi connectivity index (χ1v) is 4.78. The summed E-state index contributed by atoms with van der Waals surface area (Å²) < 4.78 is 18.6. The largest absolute Gasteiger partial charge is 0.496 e. The predicted molar refractivity (Wildman–Crippen MR) is 53.7 cm³/mol. The van der Waals surface area contributed by atoms with Crippen molar-refractivity contribution < 1.29 is 13.9 Å². The summed E-state index contributed by atoms with van der Waals surface area (Å²) in [6.45, 7) is 0. The number of carbonyl (C=O) groups excluding carboxylic acids is 1. The van der Waals surface area contributed by atoms with Crippen LogP contribution in [-0.4, -0.2) is 13.4 Å². The van der Waals surface area contributed by atoms with E-state index in [-0.39, 0.29) is 5.13 Å². The lowest BCUT2D eigenvalue weighted by molar-refractivity contribution is 0.112. The zero-order chi connectivity index (χ0) is 10.1. The maximum absolute atomic E-state index is 12.9. The molecule has 1 heterocycles. The molecule has 72 valence electrons. The van der Waals surface area contributed by atoms with Crippen molar-refractivity contribution in [2.45, 2.75) is 0 Å². The van der Waals surface area contributed by atoms with Crippen molar-refractivity contribution in [3.63, 3.8) is 0 Å². The van der Waals surface area contributed by atoms with Gasteiger partial charge in [-0.15, -0.1) is 11.3 Å². The van der Waals surface area contributed by atoms with Gasteiger partial charge in [0, 0.05) is 4.70 Å². The van der Waals surface area contributed by atoms with E-state index in [9.17, 15) is 9.18 Å². The minimum Gasteiger partial charge on any atom is -0.496 e. The maximum atomic E-state index is 12.9. The van der Waals surface area contributed by atoms with E-state index in [1.807, 2.05) is 0 Å². The first kappa shape index (κ1) is 9.15. The molecular formula is C10H7FO2S. The molecule has 1 aromatic heterocycles. The Bertz CT molecular complexity index is 490. The van der Waals surface area contributed by atoms with E-state index >= 15 is 0 Å². The van der Waals surface area contributed by atoms with E-state index in [1.165, 1.54) is 13.2 Å². The van der Waals surface area contributed by atoms with E-state index < -0.39 is 0 Å². The zero-order valence-electron chi connectivity index (χ0n) is 7.41. The summed E-state index contributed by atoms with van der Waals surface area (Å²) in [6.07, 6.45) is 0.704. The Hall–Kier alpha value is -1.42. The molecule has 0 aliphatic rings. The smallest absolute Gasteiger partial charge is 0.177 e. The summed E-state index contributed by atoms with van der Waals surface area (Å²) in [5, 5.41) is 0.500. The van der Waals surface area contributed by atoms with Crippen molar-refractivity contribution in [1.29, 1.82) is 0 Å². The van der Waals surface area contributed by atoms with Crippen LogP contribution in [0.1, 0.15) is 10.4 Å². The number of hydrogen-bond acceptors (Lipinski definition) is 3. The minimum absolute atomic E-state index is 0.259. The molecule has 0 aliphatic carbocycles. The van der Waals surface area contributed by atoms with Crippen molar-refractivity contribution in [3.8, 4) is 5.75 Å². The lowest BCUT2D eigenvalue weighted by Gasteiger charge is -2.02. The van der Waals surface area contributed by atoms with Crippen molar-refractivity contribution in [2.75, 3.05) is 7.11 Å². The lowest BCUT2D eigenvalue weighted by atomic mass is 10.2. The summed E-state index contributed by atoms with van der Waals surface area (Å²) in [4.78, 5) is 10.7. The van der Waals surface area contributed by atoms with Crippen molar-refractivity contribution in [2.24, 2.45) is 0 Å². The highest BCUT2D eigenvalue weighted by Gasteiger charge is 2.07. The molecule has 0 atom stereocenters. The van der Waals surface area contributed by atoms with Crippen molar-refractivity contribution in [3.05, 3.63) is 28.9 Å². The summed E-state index contributed by atoms with van der Waals surface area (Å²) >= 11 is 1.02. The van der Waals surface area contributed by atoms with Crippen LogP contribution in [0, 0.1) is 5.13 Å². The van der Waals surface area contributed by atoms with Crippen LogP contribution in [0.15, 0.2) is 18.2 Å². The van der Waals surface area contributed by atoms with Gasteiger partial charge in [-0.3, -0.25) is 4.79 Å². The highest BCUT2D eigenvalue weighted by Crippen LogP contribution is 2.30. The summed E-state index contributed by atoms with van der Waals surface area (Å²) in [7, 11) is 1.48. The molecule has 14 heavy (non-hydrogen) atoms. The number of ether oxygens (including phenoxy) is 1. The number of carbonyl (C=O) groups is 1. The van der Waals surface area contributed by atoms with Crippen molar-refractivity contribution in [1.82, 2.24) is 0 Å². The quantitative estimate of drug-likeness (QED) is 0.712. The summed E-state index contributed by atoms with van der Waals surface area (Å²) in [5.74, 6) is 0.477. The number of thiophene rings is 1. The Morgan fingerprint density at radius 1 is 1.43 bits per heavy atom. The van der Waals surface area contributed by atoms with Gasteiger partial charge in [-0.1, -0.05) is 0 Å². The van der Waals surface area contributed by atoms with Gasteiger partial charge in [0.05, 0.1) is 12.7 Å². The number of aldehydes is 1. The fraction of sp³-hybridized carbons (Fsp3) is 0.100. The van der Waals surface area contributed by atoms with Crippen LogP contribution < -0.4 is 4.74 Å². The fourth-order valence-electron chi connectivity index (χ4n) is 1.32. The second-order valence-corrected chi connectivity index (χ2v) is 3.83. The van der Waals surface area contributed by atoms with Gasteiger partial charge < -0.3 is 4.74 Å². The second kappa shape index (κ2) is 3.38. The molecule has 2 aromatic rings. The molecule has 0 spiro atoms. The predicted octanol–water partition coefficient (Wildman–Crippen LogP) is 2.86. The number of rotatable bonds is 2. The van der Waals surface area contributed by atoms with Gasteiger partial charge in [0.25, 0.3) is 0 Å². The highest BCUT2D eigenvalue weighted by atomic mass is 32.1. The van der Waals surface area contributed by atoms with Gasteiger partial charge in [-0.2, -0.15) is 4.39 Å². The molecule has 2 nitrogen and oxygen atoms in total. The Morgan fingerprint density at radius 3 is 2.86 bits per heavy atom. The van der Waals surface area contributed by atoms with E-state index in [0.29, 0.717) is 17.6 Å². The Kier molecular flexibility index (Phi) is 2.21. The number of methoxy groups -OCH3 is 1. The van der Waals surface area contributed by atoms with Crippen LogP contribution in [0.25, 0.3) is 10.1 Å². The van der Waals surface area contributed by atoms with Crippen LogP contribution in [0.5, 0.6) is 5.75 Å². The van der Waals surface area contributed by atoms with Crippen LogP contribution in [-0.2, 0) is 0 Å². The lowest BCUT2D eigenvalue weighted by Crippen LogP contribution is -1.89. The van der Waals surface area contributed by atoms with Crippen molar-refractivity contribution >= 4 is 27.7 Å². The molecule has 0 saturated heterocycles. The average molecular weight is 210 g/mol. The standard InChI is InChI=1S/C10H7FO2S/c1-13-8-2-6-4-10(11)14-9(6)3-7(8)5-12/h2-5H,1H3. The third kappa shape index (κ3) is 1.37. The Labute approximate surface area is 83.9 Å². The second-order valence-electron chi connectivity index (χ2n) is 2.80. The third-order valence-electron chi connectivity index (χ3n) is 1.97. The van der Waals surface area contributed by atoms with Gasteiger partial charge in [-0.25, -0.2) is 0 Å². The van der Waals surface area contributed by atoms with E-state index in [1.54, 1.807) is 12.1 Å². The summed E-state index contributed by atoms with van der Waals surface area (Å²) in [5.41, 5.74) is 0.446. The summed E-state index contributed by atoms with van der Waals surface area (Å²) in [6, 6.07) is 4.73. The molecule has 0 fully saturated rings. The third-order valence-corrected chi connectivity index (χ3v) is 2.85. The van der Waals surface area contributed by atoms with Gasteiger partial charge in [-0.05, 0) is 23.6 Å². The molecule has 0 saturated carbocycles. The van der Waals surface area contributed by atoms with E-state index in [2.05, 4.69) is 0 Å². The Morgan fingerprint density at radius 2 is 2.21 bits per heavy atom. The number of benzene rings is 1. The average Bonchev–Trinajstić information content (AvgIpc) is 2.54. The molecule has 0 amide bonds. The molecule has 1 aromatic carbocycles. The number of halogens is 1. The van der Waals surface area contributed by atoms with Crippen LogP contribution in [0.3, 0.4) is 0 Å². The van der Waals surface area contributed by atoms with Crippen LogP contribution >= 0.6 is 11.3 Å². The van der Waals surface area contributed by atoms with E-state index in [0.717, 1.165) is 21.4 Å². The molecular weight excluding hydrogens is 203 g/mol. The topological polar surface area (TPSA) is 26.3 Å². The van der Waals surface area contributed by atoms with Crippen LogP contribution in [0.2, 0.25) is 0 Å². The monoisotopic (exact) mass is 210 g/mol. The molecule has 0 unspecified atom stereocenters. The Balaban J connectivity index is 2.74. The van der Waals surface area contributed by atoms with E-state index in [4.69, 9.17) is 4.74 Å². The first-order chi connectivity index (χ1) is 6.74. The first-order valence-electron chi connectivity index (χ1n) is 3.97. The number of hydrogen-bond donors (Lipinski definition) is 0. The van der Waals surface area contributed by atoms with Gasteiger partial charge >= 0.3 is 0 Å². The van der Waals surface area contributed by atoms with Gasteiger partial charge in [0.2, 0.25) is 0 Å². The van der Waals surface area contributed by atoms with Gasteiger partial charge in [0.1, 0.15) is 5.75 Å². The number of fused-ring (bicyclic) bond motifs is 1. The minimum atomic E-state index is -0.259. The molecule has 0 N–H and O–H groups in total. The molecule has 4 heteroatoms. The normalized spacial score (nSPS) is 10.4. The molecule has 0 aliphatic heterocycles. The molecule has 2 rings (SSSR count). The fourth-order valence-corrected chi connectivity index (χ4v) is 2.14. The molecule has 0 radical (unpaired) electrons. The maximum Gasteiger partial charge on any atom is 0.177 e.